The van der Waals surface area contributed by atoms with Crippen molar-refractivity contribution in [1.29, 1.82) is 0 Å². The molecule has 0 heterocycles. The van der Waals surface area contributed by atoms with Crippen LogP contribution in [-0.4, -0.2) is 66.0 Å². The van der Waals surface area contributed by atoms with Crippen molar-refractivity contribution in [3.05, 3.63) is 82.4 Å². The van der Waals surface area contributed by atoms with E-state index in [1.54, 1.807) is 12.1 Å². The second-order valence-electron chi connectivity index (χ2n) is 9.37. The number of amides is 1. The first kappa shape index (κ1) is 32.2. The lowest BCUT2D eigenvalue weighted by molar-refractivity contribution is 0.129. The zero-order chi connectivity index (χ0) is 29.7. The number of nitrogens with two attached hydrogens (primary N) is 1. The minimum Gasteiger partial charge on any atom is -0.504 e. The van der Waals surface area contributed by atoms with Gasteiger partial charge in [-0.15, -0.1) is 0 Å². The molecule has 0 fully saturated rings. The number of rotatable bonds is 11. The number of carbonyl (C=O) groups excluding carboxylic acids is 1. The van der Waals surface area contributed by atoms with E-state index in [0.29, 0.717) is 24.3 Å². The summed E-state index contributed by atoms with van der Waals surface area (Å²) in [5, 5.41) is 40.5. The van der Waals surface area contributed by atoms with Crippen molar-refractivity contribution < 1.29 is 39.4 Å². The molecule has 0 spiro atoms. The van der Waals surface area contributed by atoms with Gasteiger partial charge in [0.25, 0.3) is 0 Å². The van der Waals surface area contributed by atoms with Gasteiger partial charge in [-0.25, -0.2) is 4.79 Å². The molecule has 0 aliphatic carbocycles. The molecule has 3 aromatic carbocycles. The fraction of sp³-hybridized carbons (Fsp3) is 0.367. The summed E-state index contributed by atoms with van der Waals surface area (Å²) in [5.74, 6) is 1.04. The smallest absolute Gasteiger partial charge is 0.407 e. The highest BCUT2D eigenvalue weighted by Crippen LogP contribution is 2.32. The summed E-state index contributed by atoms with van der Waals surface area (Å²) in [5.41, 5.74) is 9.81. The van der Waals surface area contributed by atoms with Gasteiger partial charge in [0.05, 0.1) is 33.5 Å². The zero-order valence-electron chi connectivity index (χ0n) is 23.4. The summed E-state index contributed by atoms with van der Waals surface area (Å²) in [6.07, 6.45) is 0.293. The lowest BCUT2D eigenvalue weighted by Gasteiger charge is -2.17. The second kappa shape index (κ2) is 16.2. The first-order chi connectivity index (χ1) is 19.1. The maximum absolute atomic E-state index is 11.9. The van der Waals surface area contributed by atoms with Crippen LogP contribution in [-0.2, 0) is 24.2 Å². The largest absolute Gasteiger partial charge is 0.504 e. The van der Waals surface area contributed by atoms with E-state index in [1.807, 2.05) is 56.3 Å². The van der Waals surface area contributed by atoms with Gasteiger partial charge in [0.2, 0.25) is 0 Å². The summed E-state index contributed by atoms with van der Waals surface area (Å²) >= 11 is 0. The number of phenolic OH excluding ortho intramolecular Hbond substituents is 2. The van der Waals surface area contributed by atoms with Crippen LogP contribution in [0.5, 0.6) is 23.0 Å². The molecule has 40 heavy (non-hydrogen) atoms. The average Bonchev–Trinajstić information content (AvgIpc) is 2.92. The van der Waals surface area contributed by atoms with Crippen molar-refractivity contribution in [1.82, 2.24) is 5.32 Å². The molecule has 0 unspecified atom stereocenters. The Morgan fingerprint density at radius 3 is 1.80 bits per heavy atom. The van der Waals surface area contributed by atoms with E-state index in [9.17, 15) is 20.1 Å². The van der Waals surface area contributed by atoms with Crippen LogP contribution in [0.4, 0.5) is 4.79 Å². The zero-order valence-corrected chi connectivity index (χ0v) is 23.4. The molecule has 0 radical (unpaired) electrons. The molecule has 0 saturated heterocycles. The Balaban J connectivity index is 0.000000319. The van der Waals surface area contributed by atoms with Gasteiger partial charge >= 0.3 is 6.09 Å². The number of hydrogen-bond donors (Lipinski definition) is 6. The summed E-state index contributed by atoms with van der Waals surface area (Å²) in [6, 6.07) is 15.4. The fourth-order valence-electron chi connectivity index (χ4n) is 4.17. The minimum atomic E-state index is -0.600. The summed E-state index contributed by atoms with van der Waals surface area (Å²) in [6.45, 7) is 3.52. The predicted molar refractivity (Wildman–Crippen MR) is 152 cm³/mol. The molecule has 10 nitrogen and oxygen atoms in total. The molecule has 0 saturated carbocycles. The number of phenols is 2. The van der Waals surface area contributed by atoms with E-state index in [1.165, 1.54) is 14.2 Å². The van der Waals surface area contributed by atoms with E-state index in [0.717, 1.165) is 27.8 Å². The maximum Gasteiger partial charge on any atom is 0.407 e. The molecule has 0 bridgehead atoms. The quantitative estimate of drug-likeness (QED) is 0.208. The van der Waals surface area contributed by atoms with Gasteiger partial charge in [-0.2, -0.15) is 0 Å². The van der Waals surface area contributed by atoms with Crippen molar-refractivity contribution in [2.24, 2.45) is 5.73 Å². The van der Waals surface area contributed by atoms with Crippen molar-refractivity contribution in [3.8, 4) is 23.0 Å². The number of benzene rings is 3. The number of hydrogen-bond acceptors (Lipinski definition) is 9. The second-order valence-corrected chi connectivity index (χ2v) is 9.37. The number of aliphatic hydroxyl groups excluding tert-OH is 2. The number of alkyl carbamates (subject to hydrolysis) is 1. The van der Waals surface area contributed by atoms with Gasteiger partial charge in [-0.3, -0.25) is 0 Å². The molecule has 0 aliphatic rings. The van der Waals surface area contributed by atoms with Crippen LogP contribution in [0.15, 0.2) is 54.6 Å². The van der Waals surface area contributed by atoms with E-state index in [4.69, 9.17) is 25.1 Å². The lowest BCUT2D eigenvalue weighted by Crippen LogP contribution is -2.39. The first-order valence-corrected chi connectivity index (χ1v) is 12.8. The third kappa shape index (κ3) is 9.96. The molecule has 0 aromatic heterocycles. The molecule has 1 amide bonds. The fourth-order valence-corrected chi connectivity index (χ4v) is 4.17. The van der Waals surface area contributed by atoms with Crippen LogP contribution in [0.1, 0.15) is 27.8 Å². The Bertz CT molecular complexity index is 1170. The maximum atomic E-state index is 11.9. The van der Waals surface area contributed by atoms with E-state index < -0.39 is 12.1 Å². The number of carbonyl (C=O) groups is 1. The third-order valence-electron chi connectivity index (χ3n) is 6.01. The van der Waals surface area contributed by atoms with Crippen LogP contribution in [0.25, 0.3) is 0 Å². The Morgan fingerprint density at radius 1 is 0.825 bits per heavy atom. The van der Waals surface area contributed by atoms with Crippen LogP contribution < -0.4 is 20.5 Å². The van der Waals surface area contributed by atoms with E-state index in [-0.39, 0.29) is 37.4 Å². The van der Waals surface area contributed by atoms with Crippen LogP contribution in [0.3, 0.4) is 0 Å². The van der Waals surface area contributed by atoms with Crippen molar-refractivity contribution in [2.45, 2.75) is 45.4 Å². The number of aliphatic hydroxyl groups is 2. The van der Waals surface area contributed by atoms with Crippen LogP contribution >= 0.6 is 0 Å². The topological polar surface area (TPSA) is 164 Å². The van der Waals surface area contributed by atoms with Gasteiger partial charge in [-0.1, -0.05) is 42.5 Å². The van der Waals surface area contributed by atoms with Crippen LogP contribution in [0.2, 0.25) is 0 Å². The monoisotopic (exact) mass is 556 g/mol. The Hall–Kier alpha value is -3.99. The first-order valence-electron chi connectivity index (χ1n) is 12.8. The molecule has 2 atom stereocenters. The number of nitrogens with one attached hydrogen (secondary N) is 1. The third-order valence-corrected chi connectivity index (χ3v) is 6.01. The molecule has 0 aliphatic heterocycles. The Morgan fingerprint density at radius 2 is 1.35 bits per heavy atom. The average molecular weight is 557 g/mol. The van der Waals surface area contributed by atoms with Gasteiger partial charge in [0, 0.05) is 6.04 Å². The Labute approximate surface area is 234 Å². The summed E-state index contributed by atoms with van der Waals surface area (Å²) in [4.78, 5) is 11.9. The summed E-state index contributed by atoms with van der Waals surface area (Å²) < 4.78 is 15.3. The number of aromatic hydroxyl groups is 2. The minimum absolute atomic E-state index is 0.0286. The predicted octanol–water partition coefficient (Wildman–Crippen LogP) is 3.11. The molecule has 218 valence electrons. The SMILES string of the molecule is COc1c(C)cc(C[C@@H](CO)NC(=O)OCc2ccccc2)cc1O.COc1c(C)cc(C[C@H](N)CO)cc1O. The van der Waals surface area contributed by atoms with Gasteiger partial charge in [0.1, 0.15) is 6.61 Å². The standard InChI is InChI=1S/C19H23NO5.C11H17NO3/c1-13-8-15(10-17(22)18(13)24-2)9-16(11-21)20-19(23)25-12-14-6-4-3-5-7-14;1-7-3-8(4-9(12)6-13)5-10(14)11(7)15-2/h3-8,10,16,21-22H,9,11-12H2,1-2H3,(H,20,23);3,5,9,13-14H,4,6,12H2,1-2H3/t16-;9-/m00/s1. The molecule has 3 rings (SSSR count). The number of methoxy groups -OCH3 is 2. The van der Waals surface area contributed by atoms with Crippen LogP contribution in [0, 0.1) is 13.8 Å². The van der Waals surface area contributed by atoms with Crippen molar-refractivity contribution in [3.63, 3.8) is 0 Å². The van der Waals surface area contributed by atoms with Crippen molar-refractivity contribution in [2.75, 3.05) is 27.4 Å². The number of ether oxygens (including phenoxy) is 3. The van der Waals surface area contributed by atoms with E-state index >= 15 is 0 Å². The molecule has 3 aromatic rings. The normalized spacial score (nSPS) is 12.0. The van der Waals surface area contributed by atoms with E-state index in [2.05, 4.69) is 5.32 Å². The number of aryl methyl sites for hydroxylation is 2. The molecular weight excluding hydrogens is 516 g/mol. The Kier molecular flexibility index (Phi) is 13.0. The van der Waals surface area contributed by atoms with Gasteiger partial charge in [0.15, 0.2) is 23.0 Å². The lowest BCUT2D eigenvalue weighted by atomic mass is 10.0. The molecular formula is C30H40N2O8. The van der Waals surface area contributed by atoms with Gasteiger partial charge < -0.3 is 45.7 Å². The highest BCUT2D eigenvalue weighted by atomic mass is 16.5. The highest BCUT2D eigenvalue weighted by molar-refractivity contribution is 5.67. The molecule has 10 heteroatoms. The van der Waals surface area contributed by atoms with Gasteiger partial charge in [-0.05, 0) is 66.6 Å². The highest BCUT2D eigenvalue weighted by Gasteiger charge is 2.16. The molecule has 7 N–H and O–H groups in total. The van der Waals surface area contributed by atoms with Crippen molar-refractivity contribution >= 4 is 6.09 Å². The summed E-state index contributed by atoms with van der Waals surface area (Å²) in [7, 11) is 3.00.